The Bertz CT molecular complexity index is 799. The zero-order chi connectivity index (χ0) is 17.9. The fourth-order valence-electron chi connectivity index (χ4n) is 3.04. The predicted octanol–water partition coefficient (Wildman–Crippen LogP) is 5.60. The smallest absolute Gasteiger partial charge is 0.143 e. The molecule has 1 heteroatoms. The number of nitrogens with zero attached hydrogens (tertiary/aromatic N) is 1. The van der Waals surface area contributed by atoms with Gasteiger partial charge in [-0.3, -0.25) is 4.48 Å². The van der Waals surface area contributed by atoms with Crippen molar-refractivity contribution >= 4 is 5.69 Å². The molecule has 0 fully saturated rings. The monoisotopic (exact) mass is 329 g/mol. The van der Waals surface area contributed by atoms with Crippen LogP contribution in [0.5, 0.6) is 0 Å². The number of hydrogen-bond acceptors (Lipinski definition) is 0. The van der Waals surface area contributed by atoms with Crippen molar-refractivity contribution in [2.45, 2.75) is 13.8 Å². The summed E-state index contributed by atoms with van der Waals surface area (Å²) in [7, 11) is 4.49. The molecule has 1 nitrogen and oxygen atoms in total. The van der Waals surface area contributed by atoms with Crippen LogP contribution in [0.25, 0.3) is 0 Å². The summed E-state index contributed by atoms with van der Waals surface area (Å²) >= 11 is 0. The van der Waals surface area contributed by atoms with Crippen molar-refractivity contribution in [1.82, 2.24) is 4.48 Å². The lowest BCUT2D eigenvalue weighted by atomic mass is 9.85. The molecule has 0 unspecified atom stereocenters. The van der Waals surface area contributed by atoms with Gasteiger partial charge in [-0.05, 0) is 80.1 Å². The van der Waals surface area contributed by atoms with E-state index in [0.717, 1.165) is 11.0 Å². The van der Waals surface area contributed by atoms with E-state index in [1.807, 2.05) is 0 Å². The third-order valence-electron chi connectivity index (χ3n) is 5.05. The van der Waals surface area contributed by atoms with Crippen molar-refractivity contribution in [2.24, 2.45) is 0 Å². The molecule has 25 heavy (non-hydrogen) atoms. The molecule has 3 rings (SSSR count). The normalized spacial score (nSPS) is 11.4. The van der Waals surface area contributed by atoms with E-state index < -0.39 is 0 Å². The molecule has 0 heterocycles. The number of aryl methyl sites for hydroxylation is 1. The second-order valence-corrected chi connectivity index (χ2v) is 7.16. The van der Waals surface area contributed by atoms with Gasteiger partial charge in [0.1, 0.15) is 5.69 Å². The van der Waals surface area contributed by atoms with E-state index >= 15 is 0 Å². The Morgan fingerprint density at radius 1 is 0.680 bits per heavy atom. The largest absolute Gasteiger partial charge is 0.295 e. The standard InChI is InChI=1S/C24H27N/c1-5-25(3,4)23-17-15-22(16-18-23)24(20-9-7-6-8-10-20)21-13-11-19(2)12-14-21/h6-18H,5H2,1-4H3/q+2. The van der Waals surface area contributed by atoms with Crippen LogP contribution in [0.15, 0.2) is 78.9 Å². The van der Waals surface area contributed by atoms with Gasteiger partial charge in [0.25, 0.3) is 0 Å². The van der Waals surface area contributed by atoms with Crippen molar-refractivity contribution in [1.29, 1.82) is 0 Å². The predicted molar refractivity (Wildman–Crippen MR) is 109 cm³/mol. The molecule has 0 bridgehead atoms. The molecule has 0 atom stereocenters. The topological polar surface area (TPSA) is 0 Å². The maximum atomic E-state index is 2.26. The lowest BCUT2D eigenvalue weighted by Crippen LogP contribution is -2.39. The molecule has 0 saturated heterocycles. The zero-order valence-corrected chi connectivity index (χ0v) is 15.7. The quantitative estimate of drug-likeness (QED) is 0.325. The first kappa shape index (κ1) is 17.3. The van der Waals surface area contributed by atoms with Crippen LogP contribution in [0, 0.1) is 12.8 Å². The highest BCUT2D eigenvalue weighted by Gasteiger charge is 2.24. The van der Waals surface area contributed by atoms with E-state index in [-0.39, 0.29) is 0 Å². The molecular weight excluding hydrogens is 302 g/mol. The molecular formula is C24H27N+2. The average molecular weight is 329 g/mol. The Hall–Kier alpha value is -2.51. The van der Waals surface area contributed by atoms with Crippen molar-refractivity contribution in [2.75, 3.05) is 20.6 Å². The molecule has 0 aliphatic heterocycles. The van der Waals surface area contributed by atoms with Crippen LogP contribution in [-0.4, -0.2) is 20.6 Å². The van der Waals surface area contributed by atoms with Gasteiger partial charge in [-0.2, -0.15) is 0 Å². The van der Waals surface area contributed by atoms with Crippen molar-refractivity contribution in [3.05, 3.63) is 107 Å². The lowest BCUT2D eigenvalue weighted by Gasteiger charge is -2.27. The maximum absolute atomic E-state index is 2.26. The molecule has 0 aromatic heterocycles. The fourth-order valence-corrected chi connectivity index (χ4v) is 3.04. The van der Waals surface area contributed by atoms with E-state index in [4.69, 9.17) is 0 Å². The number of benzene rings is 3. The minimum Gasteiger partial charge on any atom is -0.295 e. The van der Waals surface area contributed by atoms with Gasteiger partial charge < -0.3 is 0 Å². The van der Waals surface area contributed by atoms with Crippen LogP contribution < -0.4 is 4.48 Å². The first-order chi connectivity index (χ1) is 12.0. The van der Waals surface area contributed by atoms with Gasteiger partial charge >= 0.3 is 0 Å². The summed E-state index contributed by atoms with van der Waals surface area (Å²) in [4.78, 5) is 0. The minimum atomic E-state index is 0.894. The highest BCUT2D eigenvalue weighted by molar-refractivity contribution is 5.59. The third kappa shape index (κ3) is 3.78. The van der Waals surface area contributed by atoms with Crippen molar-refractivity contribution in [3.63, 3.8) is 0 Å². The molecule has 3 aromatic rings. The Kier molecular flexibility index (Phi) is 4.96. The second-order valence-electron chi connectivity index (χ2n) is 7.16. The molecule has 126 valence electrons. The highest BCUT2D eigenvalue weighted by Crippen LogP contribution is 2.32. The molecule has 0 aliphatic rings. The van der Waals surface area contributed by atoms with Gasteiger partial charge in [-0.1, -0.05) is 6.07 Å². The Balaban J connectivity index is 2.05. The first-order valence-electron chi connectivity index (χ1n) is 8.94. The summed E-state index contributed by atoms with van der Waals surface area (Å²) in [6.07, 6.45) is 0. The van der Waals surface area contributed by atoms with Crippen molar-refractivity contribution < 1.29 is 0 Å². The van der Waals surface area contributed by atoms with E-state index in [2.05, 4.69) is 107 Å². The fraction of sp³-hybridized carbons (Fsp3) is 0.208. The van der Waals surface area contributed by atoms with Gasteiger partial charge in [0, 0.05) is 12.1 Å². The van der Waals surface area contributed by atoms with Crippen LogP contribution in [0.4, 0.5) is 5.69 Å². The summed E-state index contributed by atoms with van der Waals surface area (Å²) < 4.78 is 0.894. The molecule has 0 aliphatic carbocycles. The average Bonchev–Trinajstić information content (AvgIpc) is 2.65. The Labute approximate surface area is 152 Å². The van der Waals surface area contributed by atoms with E-state index in [1.165, 1.54) is 33.9 Å². The summed E-state index contributed by atoms with van der Waals surface area (Å²) in [6.45, 7) is 5.43. The van der Waals surface area contributed by atoms with Crippen LogP contribution in [0.3, 0.4) is 0 Å². The summed E-state index contributed by atoms with van der Waals surface area (Å²) in [5, 5.41) is 0. The van der Waals surface area contributed by atoms with E-state index in [0.29, 0.717) is 0 Å². The summed E-state index contributed by atoms with van der Waals surface area (Å²) in [6, 6.07) is 28.5. The molecule has 0 spiro atoms. The van der Waals surface area contributed by atoms with Gasteiger partial charge in [0.2, 0.25) is 0 Å². The van der Waals surface area contributed by atoms with Gasteiger partial charge in [0.05, 0.1) is 43.2 Å². The van der Waals surface area contributed by atoms with Crippen molar-refractivity contribution in [3.8, 4) is 0 Å². The minimum absolute atomic E-state index is 0.894. The molecule has 3 aromatic carbocycles. The van der Waals surface area contributed by atoms with Crippen LogP contribution in [0.2, 0.25) is 0 Å². The zero-order valence-electron chi connectivity index (χ0n) is 15.7. The number of quaternary nitrogens is 1. The van der Waals surface area contributed by atoms with Gasteiger partial charge in [0.15, 0.2) is 0 Å². The van der Waals surface area contributed by atoms with E-state index in [9.17, 15) is 0 Å². The van der Waals surface area contributed by atoms with E-state index in [1.54, 1.807) is 0 Å². The maximum Gasteiger partial charge on any atom is 0.143 e. The molecule has 0 N–H and O–H groups in total. The third-order valence-corrected chi connectivity index (χ3v) is 5.05. The Morgan fingerprint density at radius 2 is 1.16 bits per heavy atom. The Morgan fingerprint density at radius 3 is 1.68 bits per heavy atom. The van der Waals surface area contributed by atoms with Crippen LogP contribution in [-0.2, 0) is 0 Å². The second kappa shape index (κ2) is 7.16. The lowest BCUT2D eigenvalue weighted by molar-refractivity contribution is 0.421. The SMILES string of the molecule is CC[N+](C)(C)c1ccc([C+](c2ccccc2)c2ccc(C)cc2)cc1. The van der Waals surface area contributed by atoms with Crippen LogP contribution in [0.1, 0.15) is 29.2 Å². The van der Waals surface area contributed by atoms with Gasteiger partial charge in [-0.15, -0.1) is 0 Å². The summed E-state index contributed by atoms with van der Waals surface area (Å²) in [5.41, 5.74) is 6.39. The summed E-state index contributed by atoms with van der Waals surface area (Å²) in [5.74, 6) is 1.29. The molecule has 0 saturated carbocycles. The molecule has 0 amide bonds. The first-order valence-corrected chi connectivity index (χ1v) is 8.94. The van der Waals surface area contributed by atoms with Crippen LogP contribution >= 0.6 is 0 Å². The molecule has 0 radical (unpaired) electrons. The highest BCUT2D eigenvalue weighted by atomic mass is 15.3. The number of hydrogen-bond donors (Lipinski definition) is 0. The number of rotatable bonds is 5. The van der Waals surface area contributed by atoms with Gasteiger partial charge in [-0.25, -0.2) is 0 Å².